The molecule has 1 aliphatic rings. The van der Waals surface area contributed by atoms with Gasteiger partial charge in [-0.05, 0) is 6.92 Å². The minimum Gasteiger partial charge on any atom is -0.370 e. The summed E-state index contributed by atoms with van der Waals surface area (Å²) in [6.45, 7) is 7.05. The van der Waals surface area contributed by atoms with Gasteiger partial charge >= 0.3 is 0 Å². The highest BCUT2D eigenvalue weighted by Crippen LogP contribution is 2.30. The van der Waals surface area contributed by atoms with Gasteiger partial charge in [0.25, 0.3) is 0 Å². The average molecular weight is 217 g/mol. The van der Waals surface area contributed by atoms with Gasteiger partial charge in [-0.1, -0.05) is 6.08 Å². The SMILES string of the molecule is C=CCN1C(N)=NCC1(C)c1cnccn1. The summed E-state index contributed by atoms with van der Waals surface area (Å²) in [6.07, 6.45) is 6.90. The maximum absolute atomic E-state index is 5.86. The minimum absolute atomic E-state index is 0.313. The van der Waals surface area contributed by atoms with Gasteiger partial charge in [0, 0.05) is 18.9 Å². The predicted molar refractivity (Wildman–Crippen MR) is 62.8 cm³/mol. The van der Waals surface area contributed by atoms with Crippen LogP contribution in [-0.4, -0.2) is 33.9 Å². The number of nitrogens with two attached hydrogens (primary N) is 1. The summed E-state index contributed by atoms with van der Waals surface area (Å²) in [5.74, 6) is 0.535. The molecule has 1 aliphatic heterocycles. The Morgan fingerprint density at radius 2 is 2.44 bits per heavy atom. The zero-order chi connectivity index (χ0) is 11.6. The van der Waals surface area contributed by atoms with E-state index in [9.17, 15) is 0 Å². The Bertz CT molecular complexity index is 414. The largest absolute Gasteiger partial charge is 0.370 e. The minimum atomic E-state index is -0.313. The molecular formula is C11H15N5. The van der Waals surface area contributed by atoms with Crippen LogP contribution in [0.25, 0.3) is 0 Å². The second kappa shape index (κ2) is 3.92. The van der Waals surface area contributed by atoms with E-state index < -0.39 is 0 Å². The van der Waals surface area contributed by atoms with Crippen molar-refractivity contribution in [1.82, 2.24) is 14.9 Å². The molecule has 5 heteroatoms. The molecule has 0 aliphatic carbocycles. The summed E-state index contributed by atoms with van der Waals surface area (Å²) in [6, 6.07) is 0. The normalized spacial score (nSPS) is 24.3. The number of aliphatic imine (C=N–C) groups is 1. The van der Waals surface area contributed by atoms with Crippen LogP contribution in [-0.2, 0) is 5.54 Å². The van der Waals surface area contributed by atoms with Gasteiger partial charge in [-0.25, -0.2) is 0 Å². The number of hydrogen-bond donors (Lipinski definition) is 1. The molecule has 1 aromatic rings. The van der Waals surface area contributed by atoms with Crippen molar-refractivity contribution in [2.75, 3.05) is 13.1 Å². The summed E-state index contributed by atoms with van der Waals surface area (Å²) in [7, 11) is 0. The van der Waals surface area contributed by atoms with Gasteiger partial charge in [0.2, 0.25) is 0 Å². The molecule has 0 amide bonds. The molecule has 1 aromatic heterocycles. The van der Waals surface area contributed by atoms with E-state index in [2.05, 4.69) is 28.5 Å². The molecule has 0 saturated heterocycles. The van der Waals surface area contributed by atoms with Gasteiger partial charge in [0.1, 0.15) is 5.54 Å². The summed E-state index contributed by atoms with van der Waals surface area (Å²) >= 11 is 0. The number of guanidine groups is 1. The number of rotatable bonds is 3. The molecule has 5 nitrogen and oxygen atoms in total. The Labute approximate surface area is 94.7 Å². The highest BCUT2D eigenvalue weighted by atomic mass is 15.4. The van der Waals surface area contributed by atoms with Crippen LogP contribution < -0.4 is 5.73 Å². The fourth-order valence-corrected chi connectivity index (χ4v) is 1.88. The van der Waals surface area contributed by atoms with Crippen LogP contribution in [0, 0.1) is 0 Å². The lowest BCUT2D eigenvalue weighted by atomic mass is 9.97. The number of nitrogens with zero attached hydrogens (tertiary/aromatic N) is 4. The predicted octanol–water partition coefficient (Wildman–Crippen LogP) is 0.508. The lowest BCUT2D eigenvalue weighted by Gasteiger charge is -2.34. The topological polar surface area (TPSA) is 67.4 Å². The van der Waals surface area contributed by atoms with E-state index in [0.29, 0.717) is 19.0 Å². The van der Waals surface area contributed by atoms with E-state index in [1.807, 2.05) is 11.0 Å². The van der Waals surface area contributed by atoms with E-state index in [1.165, 1.54) is 0 Å². The zero-order valence-corrected chi connectivity index (χ0v) is 9.30. The van der Waals surface area contributed by atoms with Crippen molar-refractivity contribution in [3.05, 3.63) is 36.9 Å². The standard InChI is InChI=1S/C11H15N5/c1-3-6-16-10(12)15-8-11(16,2)9-7-13-4-5-14-9/h3-5,7H,1,6,8H2,2H3,(H2,12,15). The van der Waals surface area contributed by atoms with Gasteiger partial charge in [-0.2, -0.15) is 0 Å². The Kier molecular flexibility index (Phi) is 2.60. The van der Waals surface area contributed by atoms with Crippen molar-refractivity contribution in [3.63, 3.8) is 0 Å². The quantitative estimate of drug-likeness (QED) is 0.749. The second-order valence-corrected chi connectivity index (χ2v) is 3.94. The van der Waals surface area contributed by atoms with Crippen LogP contribution >= 0.6 is 0 Å². The molecule has 1 atom stereocenters. The summed E-state index contributed by atoms with van der Waals surface area (Å²) in [4.78, 5) is 14.7. The Morgan fingerprint density at radius 3 is 3.06 bits per heavy atom. The van der Waals surface area contributed by atoms with Gasteiger partial charge in [0.05, 0.1) is 18.4 Å². The Morgan fingerprint density at radius 1 is 1.62 bits per heavy atom. The third-order valence-corrected chi connectivity index (χ3v) is 2.85. The van der Waals surface area contributed by atoms with Crippen molar-refractivity contribution in [3.8, 4) is 0 Å². The van der Waals surface area contributed by atoms with E-state index >= 15 is 0 Å². The van der Waals surface area contributed by atoms with Crippen molar-refractivity contribution < 1.29 is 0 Å². The lowest BCUT2D eigenvalue weighted by molar-refractivity contribution is 0.237. The third kappa shape index (κ3) is 1.54. The van der Waals surface area contributed by atoms with Crippen LogP contribution in [0.3, 0.4) is 0 Å². The smallest absolute Gasteiger partial charge is 0.192 e. The molecule has 1 unspecified atom stereocenters. The van der Waals surface area contributed by atoms with E-state index in [0.717, 1.165) is 5.69 Å². The van der Waals surface area contributed by atoms with Crippen molar-refractivity contribution in [1.29, 1.82) is 0 Å². The first-order valence-corrected chi connectivity index (χ1v) is 5.13. The van der Waals surface area contributed by atoms with E-state index in [-0.39, 0.29) is 5.54 Å². The highest BCUT2D eigenvalue weighted by Gasteiger charge is 2.40. The van der Waals surface area contributed by atoms with Crippen LogP contribution in [0.2, 0.25) is 0 Å². The highest BCUT2D eigenvalue weighted by molar-refractivity contribution is 5.81. The molecule has 0 bridgehead atoms. The molecule has 0 fully saturated rings. The van der Waals surface area contributed by atoms with E-state index in [4.69, 9.17) is 5.73 Å². The number of hydrogen-bond acceptors (Lipinski definition) is 5. The molecule has 2 heterocycles. The molecule has 16 heavy (non-hydrogen) atoms. The molecule has 0 spiro atoms. The van der Waals surface area contributed by atoms with Gasteiger partial charge in [-0.3, -0.25) is 15.0 Å². The zero-order valence-electron chi connectivity index (χ0n) is 9.30. The van der Waals surface area contributed by atoms with Gasteiger partial charge < -0.3 is 10.6 Å². The molecule has 0 saturated carbocycles. The van der Waals surface area contributed by atoms with Crippen molar-refractivity contribution in [2.45, 2.75) is 12.5 Å². The summed E-state index contributed by atoms with van der Waals surface area (Å²) < 4.78 is 0. The molecule has 0 radical (unpaired) electrons. The van der Waals surface area contributed by atoms with Crippen molar-refractivity contribution in [2.24, 2.45) is 10.7 Å². The van der Waals surface area contributed by atoms with Crippen LogP contribution in [0.15, 0.2) is 36.2 Å². The first kappa shape index (κ1) is 10.6. The monoisotopic (exact) mass is 217 g/mol. The fraction of sp³-hybridized carbons (Fsp3) is 0.364. The number of aromatic nitrogens is 2. The van der Waals surface area contributed by atoms with E-state index in [1.54, 1.807) is 18.6 Å². The van der Waals surface area contributed by atoms with Crippen LogP contribution in [0.4, 0.5) is 0 Å². The molecule has 2 N–H and O–H groups in total. The first-order valence-electron chi connectivity index (χ1n) is 5.13. The second-order valence-electron chi connectivity index (χ2n) is 3.94. The Balaban J connectivity index is 2.35. The molecule has 2 rings (SSSR count). The van der Waals surface area contributed by atoms with Crippen LogP contribution in [0.1, 0.15) is 12.6 Å². The molecule has 0 aromatic carbocycles. The summed E-state index contributed by atoms with van der Waals surface area (Å²) in [5.41, 5.74) is 6.42. The fourth-order valence-electron chi connectivity index (χ4n) is 1.88. The maximum Gasteiger partial charge on any atom is 0.192 e. The third-order valence-electron chi connectivity index (χ3n) is 2.85. The maximum atomic E-state index is 5.86. The first-order chi connectivity index (χ1) is 7.68. The van der Waals surface area contributed by atoms with Crippen LogP contribution in [0.5, 0.6) is 0 Å². The summed E-state index contributed by atoms with van der Waals surface area (Å²) in [5, 5.41) is 0. The van der Waals surface area contributed by atoms with Gasteiger partial charge in [-0.15, -0.1) is 6.58 Å². The van der Waals surface area contributed by atoms with Gasteiger partial charge in [0.15, 0.2) is 5.96 Å². The average Bonchev–Trinajstić information content (AvgIpc) is 2.60. The van der Waals surface area contributed by atoms with Crippen molar-refractivity contribution >= 4 is 5.96 Å². The lowest BCUT2D eigenvalue weighted by Crippen LogP contribution is -2.47. The Hall–Kier alpha value is -1.91. The molecular weight excluding hydrogens is 202 g/mol. The molecule has 84 valence electrons.